The summed E-state index contributed by atoms with van der Waals surface area (Å²) in [6.07, 6.45) is 5.51. The van der Waals surface area contributed by atoms with Crippen molar-refractivity contribution in [3.05, 3.63) is 66.6 Å². The number of aryl methyl sites for hydroxylation is 1. The average Bonchev–Trinajstić information content (AvgIpc) is 2.99. The highest BCUT2D eigenvalue weighted by molar-refractivity contribution is 5.62. The number of nitrogens with zero attached hydrogens (tertiary/aromatic N) is 5. The van der Waals surface area contributed by atoms with Crippen molar-refractivity contribution in [1.29, 1.82) is 0 Å². The van der Waals surface area contributed by atoms with E-state index in [0.717, 1.165) is 22.4 Å². The first-order chi connectivity index (χ1) is 10.8. The van der Waals surface area contributed by atoms with Crippen LogP contribution in [0.5, 0.6) is 0 Å². The van der Waals surface area contributed by atoms with Crippen LogP contribution in [0.2, 0.25) is 0 Å². The first-order valence-electron chi connectivity index (χ1n) is 7.00. The quantitative estimate of drug-likeness (QED) is 0.568. The van der Waals surface area contributed by atoms with Crippen molar-refractivity contribution in [2.75, 3.05) is 0 Å². The molecule has 0 aliphatic carbocycles. The number of fused-ring (bicyclic) bond motifs is 1. The maximum Gasteiger partial charge on any atom is 0.252 e. The molecule has 0 aliphatic heterocycles. The summed E-state index contributed by atoms with van der Waals surface area (Å²) >= 11 is 0. The third kappa shape index (κ3) is 2.22. The zero-order valence-corrected chi connectivity index (χ0v) is 12.0. The van der Waals surface area contributed by atoms with Crippen LogP contribution in [0.15, 0.2) is 61.1 Å². The van der Waals surface area contributed by atoms with E-state index in [1.807, 2.05) is 61.8 Å². The minimum atomic E-state index is 0.568. The third-order valence-corrected chi connectivity index (χ3v) is 3.45. The maximum absolute atomic E-state index is 4.49. The van der Waals surface area contributed by atoms with Gasteiger partial charge in [-0.3, -0.25) is 4.98 Å². The van der Waals surface area contributed by atoms with E-state index in [9.17, 15) is 0 Å². The second-order valence-electron chi connectivity index (χ2n) is 5.11. The number of hydrogen-bond acceptors (Lipinski definition) is 4. The molecule has 1 aromatic carbocycles. The molecule has 0 amide bonds. The van der Waals surface area contributed by atoms with E-state index in [4.69, 9.17) is 0 Å². The van der Waals surface area contributed by atoms with Gasteiger partial charge < -0.3 is 0 Å². The predicted octanol–water partition coefficient (Wildman–Crippen LogP) is 3.16. The molecule has 4 rings (SSSR count). The summed E-state index contributed by atoms with van der Waals surface area (Å²) in [4.78, 5) is 13.1. The highest BCUT2D eigenvalue weighted by Gasteiger charge is 2.09. The van der Waals surface area contributed by atoms with Gasteiger partial charge in [-0.05, 0) is 30.2 Å². The topological polar surface area (TPSA) is 56.0 Å². The Morgan fingerprint density at radius 1 is 0.955 bits per heavy atom. The van der Waals surface area contributed by atoms with Crippen LogP contribution in [0.3, 0.4) is 0 Å². The number of hydrogen-bond donors (Lipinski definition) is 0. The molecule has 106 valence electrons. The van der Waals surface area contributed by atoms with Gasteiger partial charge >= 0.3 is 0 Å². The fourth-order valence-corrected chi connectivity index (χ4v) is 2.33. The highest BCUT2D eigenvalue weighted by Crippen LogP contribution is 2.19. The lowest BCUT2D eigenvalue weighted by molar-refractivity contribution is 0.942. The Morgan fingerprint density at radius 3 is 2.64 bits per heavy atom. The molecule has 0 saturated carbocycles. The molecule has 3 aromatic heterocycles. The Kier molecular flexibility index (Phi) is 2.89. The van der Waals surface area contributed by atoms with E-state index in [2.05, 4.69) is 20.1 Å². The fraction of sp³-hybridized carbons (Fsp3) is 0.0588. The smallest absolute Gasteiger partial charge is 0.252 e. The molecule has 0 bridgehead atoms. The molecule has 0 aliphatic rings. The average molecular weight is 287 g/mol. The lowest BCUT2D eigenvalue weighted by Crippen LogP contribution is -1.92. The molecule has 4 aromatic rings. The molecule has 0 atom stereocenters. The number of benzene rings is 1. The van der Waals surface area contributed by atoms with Crippen molar-refractivity contribution in [2.45, 2.75) is 6.92 Å². The second-order valence-corrected chi connectivity index (χ2v) is 5.11. The predicted molar refractivity (Wildman–Crippen MR) is 84.2 cm³/mol. The van der Waals surface area contributed by atoms with Crippen LogP contribution in [0.25, 0.3) is 28.4 Å². The first-order valence-corrected chi connectivity index (χ1v) is 7.00. The van der Waals surface area contributed by atoms with Crippen molar-refractivity contribution < 1.29 is 0 Å². The molecule has 22 heavy (non-hydrogen) atoms. The number of pyridine rings is 1. The fourth-order valence-electron chi connectivity index (χ4n) is 2.33. The molecule has 3 heterocycles. The van der Waals surface area contributed by atoms with Gasteiger partial charge in [0.15, 0.2) is 0 Å². The van der Waals surface area contributed by atoms with Crippen LogP contribution in [-0.2, 0) is 0 Å². The summed E-state index contributed by atoms with van der Waals surface area (Å²) in [6.45, 7) is 2.02. The largest absolute Gasteiger partial charge is 0.253 e. The lowest BCUT2D eigenvalue weighted by Gasteiger charge is -2.00. The molecule has 5 nitrogen and oxygen atoms in total. The van der Waals surface area contributed by atoms with Gasteiger partial charge in [-0.25, -0.2) is 9.50 Å². The summed E-state index contributed by atoms with van der Waals surface area (Å²) in [6, 6.07) is 14.0. The molecule has 0 saturated heterocycles. The Balaban J connectivity index is 1.82. The van der Waals surface area contributed by atoms with E-state index in [-0.39, 0.29) is 0 Å². The van der Waals surface area contributed by atoms with Gasteiger partial charge in [0.2, 0.25) is 5.82 Å². The molecule has 5 heteroatoms. The van der Waals surface area contributed by atoms with Crippen molar-refractivity contribution >= 4 is 5.78 Å². The SMILES string of the molecule is Cc1ccnc(-c2nc3ncc(-c4ccccc4)cn3n2)c1. The Morgan fingerprint density at radius 2 is 1.82 bits per heavy atom. The molecule has 0 radical (unpaired) electrons. The van der Waals surface area contributed by atoms with Crippen molar-refractivity contribution in [1.82, 2.24) is 24.6 Å². The molecular formula is C17H13N5. The summed E-state index contributed by atoms with van der Waals surface area (Å²) in [5, 5.41) is 4.49. The van der Waals surface area contributed by atoms with E-state index < -0.39 is 0 Å². The van der Waals surface area contributed by atoms with Gasteiger partial charge in [0.05, 0.1) is 0 Å². The van der Waals surface area contributed by atoms with Gasteiger partial charge in [-0.1, -0.05) is 30.3 Å². The molecule has 0 unspecified atom stereocenters. The first kappa shape index (κ1) is 12.6. The van der Waals surface area contributed by atoms with Crippen molar-refractivity contribution in [2.24, 2.45) is 0 Å². The van der Waals surface area contributed by atoms with Crippen LogP contribution >= 0.6 is 0 Å². The highest BCUT2D eigenvalue weighted by atomic mass is 15.3. The monoisotopic (exact) mass is 287 g/mol. The van der Waals surface area contributed by atoms with E-state index >= 15 is 0 Å². The van der Waals surface area contributed by atoms with Gasteiger partial charge in [0, 0.05) is 24.2 Å². The zero-order chi connectivity index (χ0) is 14.9. The zero-order valence-electron chi connectivity index (χ0n) is 12.0. The minimum absolute atomic E-state index is 0.568. The minimum Gasteiger partial charge on any atom is -0.253 e. The Bertz CT molecular complexity index is 944. The molecule has 0 fully saturated rings. The number of aromatic nitrogens is 5. The van der Waals surface area contributed by atoms with Crippen LogP contribution in [0, 0.1) is 6.92 Å². The maximum atomic E-state index is 4.49. The Labute approximate surface area is 127 Å². The third-order valence-electron chi connectivity index (χ3n) is 3.45. The van der Waals surface area contributed by atoms with Crippen molar-refractivity contribution in [3.8, 4) is 22.6 Å². The van der Waals surface area contributed by atoms with Gasteiger partial charge in [0.1, 0.15) is 5.69 Å². The van der Waals surface area contributed by atoms with Crippen LogP contribution in [0.1, 0.15) is 5.56 Å². The van der Waals surface area contributed by atoms with Crippen LogP contribution < -0.4 is 0 Å². The van der Waals surface area contributed by atoms with Gasteiger partial charge in [-0.2, -0.15) is 4.98 Å². The van der Waals surface area contributed by atoms with Gasteiger partial charge in [0.25, 0.3) is 5.78 Å². The summed E-state index contributed by atoms with van der Waals surface area (Å²) in [5.41, 5.74) is 3.98. The summed E-state index contributed by atoms with van der Waals surface area (Å²) in [7, 11) is 0. The molecule has 0 spiro atoms. The summed E-state index contributed by atoms with van der Waals surface area (Å²) < 4.78 is 1.70. The van der Waals surface area contributed by atoms with E-state index in [0.29, 0.717) is 11.6 Å². The van der Waals surface area contributed by atoms with E-state index in [1.54, 1.807) is 10.7 Å². The molecular weight excluding hydrogens is 274 g/mol. The standard InChI is InChI=1S/C17H13N5/c1-12-7-8-18-15(9-12)16-20-17-19-10-14(11-22(17)21-16)13-5-3-2-4-6-13/h2-11H,1H3. The van der Waals surface area contributed by atoms with Gasteiger partial charge in [-0.15, -0.1) is 5.10 Å². The molecule has 0 N–H and O–H groups in total. The van der Waals surface area contributed by atoms with E-state index in [1.165, 1.54) is 0 Å². The lowest BCUT2D eigenvalue weighted by atomic mass is 10.1. The Hall–Kier alpha value is -3.08. The van der Waals surface area contributed by atoms with Crippen LogP contribution in [0.4, 0.5) is 0 Å². The summed E-state index contributed by atoms with van der Waals surface area (Å²) in [5.74, 6) is 1.15. The second kappa shape index (κ2) is 5.04. The normalized spacial score (nSPS) is 11.0. The number of rotatable bonds is 2. The van der Waals surface area contributed by atoms with Crippen molar-refractivity contribution in [3.63, 3.8) is 0 Å². The van der Waals surface area contributed by atoms with Crippen LogP contribution in [-0.4, -0.2) is 24.6 Å².